The first-order valence-electron chi connectivity index (χ1n) is 5.69. The maximum Gasteiger partial charge on any atom is 0.252 e. The molecule has 1 amide bonds. The van der Waals surface area contributed by atoms with Crippen LogP contribution in [-0.2, 0) is 4.74 Å². The quantitative estimate of drug-likeness (QED) is 0.914. The monoisotopic (exact) mass is 271 g/mol. The van der Waals surface area contributed by atoms with Gasteiger partial charge < -0.3 is 10.1 Å². The Morgan fingerprint density at radius 1 is 1.53 bits per heavy atom. The Balaban J connectivity index is 1.89. The van der Waals surface area contributed by atoms with Crippen molar-refractivity contribution >= 4 is 29.0 Å². The number of methoxy groups -OCH3 is 1. The fraction of sp³-hybridized carbons (Fsp3) is 0.583. The molecule has 0 spiro atoms. The molecule has 1 N–H and O–H groups in total. The summed E-state index contributed by atoms with van der Waals surface area (Å²) in [6.45, 7) is 0.610. The summed E-state index contributed by atoms with van der Waals surface area (Å²) in [6, 6.07) is 1.84. The second-order valence-electron chi connectivity index (χ2n) is 4.19. The Morgan fingerprint density at radius 2 is 2.29 bits per heavy atom. The van der Waals surface area contributed by atoms with Crippen LogP contribution in [0.3, 0.4) is 0 Å². The molecule has 0 atom stereocenters. The van der Waals surface area contributed by atoms with Crippen LogP contribution in [-0.4, -0.2) is 36.7 Å². The summed E-state index contributed by atoms with van der Waals surface area (Å²) in [5, 5.41) is 6.76. The maximum absolute atomic E-state index is 11.8. The first-order chi connectivity index (χ1) is 8.26. The Kier molecular flexibility index (Phi) is 4.48. The van der Waals surface area contributed by atoms with Crippen molar-refractivity contribution in [2.24, 2.45) is 0 Å². The highest BCUT2D eigenvalue weighted by molar-refractivity contribution is 7.99. The van der Waals surface area contributed by atoms with Gasteiger partial charge in [-0.25, -0.2) is 0 Å². The molecule has 1 aromatic heterocycles. The molecule has 0 saturated carbocycles. The summed E-state index contributed by atoms with van der Waals surface area (Å²) >= 11 is 3.49. The van der Waals surface area contributed by atoms with Crippen LogP contribution >= 0.6 is 23.1 Å². The summed E-state index contributed by atoms with van der Waals surface area (Å²) in [5.74, 6) is 2.23. The number of carbonyl (C=O) groups excluding carboxylic acids is 1. The average Bonchev–Trinajstić information content (AvgIpc) is 2.91. The van der Waals surface area contributed by atoms with Crippen molar-refractivity contribution in [3.8, 4) is 0 Å². The van der Waals surface area contributed by atoms with E-state index < -0.39 is 0 Å². The van der Waals surface area contributed by atoms with Crippen LogP contribution in [0.2, 0.25) is 0 Å². The lowest BCUT2D eigenvalue weighted by Gasteiger charge is -2.35. The molecule has 94 valence electrons. The average molecular weight is 271 g/mol. The molecule has 1 aliphatic rings. The zero-order valence-corrected chi connectivity index (χ0v) is 11.5. The first kappa shape index (κ1) is 12.9. The maximum atomic E-state index is 11.8. The number of amides is 1. The molecular weight excluding hydrogens is 254 g/mol. The van der Waals surface area contributed by atoms with Gasteiger partial charge in [0.2, 0.25) is 0 Å². The molecule has 5 heteroatoms. The number of thiophene rings is 1. The van der Waals surface area contributed by atoms with Gasteiger partial charge in [-0.2, -0.15) is 23.1 Å². The van der Waals surface area contributed by atoms with Gasteiger partial charge in [-0.15, -0.1) is 0 Å². The lowest BCUT2D eigenvalue weighted by atomic mass is 9.96. The first-order valence-corrected chi connectivity index (χ1v) is 7.79. The molecule has 1 saturated heterocycles. The molecule has 17 heavy (non-hydrogen) atoms. The summed E-state index contributed by atoms with van der Waals surface area (Å²) < 4.78 is 5.62. The molecule has 1 aromatic rings. The number of thioether (sulfide) groups is 1. The van der Waals surface area contributed by atoms with E-state index in [0.29, 0.717) is 6.54 Å². The summed E-state index contributed by atoms with van der Waals surface area (Å²) in [4.78, 5) is 11.8. The van der Waals surface area contributed by atoms with E-state index >= 15 is 0 Å². The topological polar surface area (TPSA) is 38.3 Å². The minimum absolute atomic E-state index is 0.000835. The van der Waals surface area contributed by atoms with Gasteiger partial charge in [-0.1, -0.05) is 0 Å². The molecule has 0 aliphatic carbocycles. The fourth-order valence-electron chi connectivity index (χ4n) is 1.93. The third-order valence-electron chi connectivity index (χ3n) is 3.19. The van der Waals surface area contributed by atoms with Crippen molar-refractivity contribution < 1.29 is 9.53 Å². The van der Waals surface area contributed by atoms with Gasteiger partial charge in [-0.05, 0) is 35.8 Å². The Bertz CT molecular complexity index is 359. The van der Waals surface area contributed by atoms with Crippen molar-refractivity contribution in [1.29, 1.82) is 0 Å². The van der Waals surface area contributed by atoms with Crippen LogP contribution in [0, 0.1) is 0 Å². The third kappa shape index (κ3) is 3.24. The molecule has 1 aliphatic heterocycles. The molecule has 0 radical (unpaired) electrons. The van der Waals surface area contributed by atoms with E-state index in [9.17, 15) is 4.79 Å². The number of carbonyl (C=O) groups is 1. The minimum atomic E-state index is -0.156. The highest BCUT2D eigenvalue weighted by atomic mass is 32.2. The van der Waals surface area contributed by atoms with E-state index in [0.717, 1.165) is 29.9 Å². The van der Waals surface area contributed by atoms with Gasteiger partial charge in [0, 0.05) is 24.6 Å². The standard InChI is InChI=1S/C12H17NO2S2/c1-15-12(3-6-16-7-4-12)9-13-11(14)10-2-5-17-8-10/h2,5,8H,3-4,6-7,9H2,1H3,(H,13,14). The van der Waals surface area contributed by atoms with Crippen LogP contribution < -0.4 is 5.32 Å². The highest BCUT2D eigenvalue weighted by Crippen LogP contribution is 2.29. The summed E-state index contributed by atoms with van der Waals surface area (Å²) in [5.41, 5.74) is 0.586. The van der Waals surface area contributed by atoms with E-state index in [4.69, 9.17) is 4.74 Å². The van der Waals surface area contributed by atoms with Gasteiger partial charge in [0.1, 0.15) is 0 Å². The third-order valence-corrected chi connectivity index (χ3v) is 4.86. The number of hydrogen-bond acceptors (Lipinski definition) is 4. The fourth-order valence-corrected chi connectivity index (χ4v) is 3.81. The van der Waals surface area contributed by atoms with Crippen LogP contribution in [0.25, 0.3) is 0 Å². The number of nitrogens with one attached hydrogen (secondary N) is 1. The number of rotatable bonds is 4. The van der Waals surface area contributed by atoms with Crippen LogP contribution in [0.5, 0.6) is 0 Å². The summed E-state index contributed by atoms with van der Waals surface area (Å²) in [7, 11) is 1.74. The Hall–Kier alpha value is -0.520. The van der Waals surface area contributed by atoms with E-state index in [1.54, 1.807) is 7.11 Å². The van der Waals surface area contributed by atoms with Gasteiger partial charge in [0.05, 0.1) is 5.60 Å². The van der Waals surface area contributed by atoms with Crippen LogP contribution in [0.15, 0.2) is 16.8 Å². The molecule has 2 rings (SSSR count). The van der Waals surface area contributed by atoms with Crippen LogP contribution in [0.1, 0.15) is 23.2 Å². The number of hydrogen-bond donors (Lipinski definition) is 1. The van der Waals surface area contributed by atoms with Gasteiger partial charge in [0.25, 0.3) is 5.91 Å². The molecule has 0 aromatic carbocycles. The Labute approximate surface area is 110 Å². The largest absolute Gasteiger partial charge is 0.376 e. The second-order valence-corrected chi connectivity index (χ2v) is 6.20. The van der Waals surface area contributed by atoms with E-state index in [-0.39, 0.29) is 11.5 Å². The zero-order chi connectivity index (χ0) is 12.1. The van der Waals surface area contributed by atoms with Crippen molar-refractivity contribution in [3.05, 3.63) is 22.4 Å². The zero-order valence-electron chi connectivity index (χ0n) is 9.90. The SMILES string of the molecule is COC1(CNC(=O)c2ccsc2)CCSCC1. The van der Waals surface area contributed by atoms with E-state index in [2.05, 4.69) is 5.32 Å². The van der Waals surface area contributed by atoms with Gasteiger partial charge >= 0.3 is 0 Å². The predicted octanol–water partition coefficient (Wildman–Crippen LogP) is 2.39. The lowest BCUT2D eigenvalue weighted by molar-refractivity contribution is -0.0149. The highest BCUT2D eigenvalue weighted by Gasteiger charge is 2.32. The number of ether oxygens (including phenoxy) is 1. The van der Waals surface area contributed by atoms with E-state index in [1.807, 2.05) is 28.6 Å². The second kappa shape index (κ2) is 5.89. The van der Waals surface area contributed by atoms with Gasteiger partial charge in [0.15, 0.2) is 0 Å². The van der Waals surface area contributed by atoms with Crippen molar-refractivity contribution in [1.82, 2.24) is 5.32 Å². The van der Waals surface area contributed by atoms with Crippen molar-refractivity contribution in [2.75, 3.05) is 25.2 Å². The molecular formula is C12H17NO2S2. The van der Waals surface area contributed by atoms with Crippen LogP contribution in [0.4, 0.5) is 0 Å². The Morgan fingerprint density at radius 3 is 2.88 bits per heavy atom. The van der Waals surface area contributed by atoms with Gasteiger partial charge in [-0.3, -0.25) is 4.79 Å². The molecule has 2 heterocycles. The van der Waals surface area contributed by atoms with E-state index in [1.165, 1.54) is 11.3 Å². The molecule has 0 unspecified atom stereocenters. The lowest BCUT2D eigenvalue weighted by Crippen LogP contribution is -2.46. The molecule has 3 nitrogen and oxygen atoms in total. The van der Waals surface area contributed by atoms with Crippen molar-refractivity contribution in [3.63, 3.8) is 0 Å². The summed E-state index contributed by atoms with van der Waals surface area (Å²) in [6.07, 6.45) is 2.02. The minimum Gasteiger partial charge on any atom is -0.376 e. The predicted molar refractivity (Wildman–Crippen MR) is 73.0 cm³/mol. The smallest absolute Gasteiger partial charge is 0.252 e. The van der Waals surface area contributed by atoms with Crippen molar-refractivity contribution in [2.45, 2.75) is 18.4 Å². The normalized spacial score (nSPS) is 18.9. The molecule has 0 bridgehead atoms. The molecule has 1 fully saturated rings.